The van der Waals surface area contributed by atoms with Crippen LogP contribution in [0.25, 0.3) is 0 Å². The van der Waals surface area contributed by atoms with E-state index in [4.69, 9.17) is 4.74 Å². The molecule has 1 fully saturated rings. The molecule has 0 bridgehead atoms. The van der Waals surface area contributed by atoms with Crippen LogP contribution in [0.2, 0.25) is 0 Å². The average Bonchev–Trinajstić information content (AvgIpc) is 3.31. The molecule has 1 unspecified atom stereocenters. The second-order valence-electron chi connectivity index (χ2n) is 6.13. The van der Waals surface area contributed by atoms with Crippen LogP contribution in [0.4, 0.5) is 0 Å². The summed E-state index contributed by atoms with van der Waals surface area (Å²) < 4.78 is 4.95. The molecule has 0 amide bonds. The number of esters is 1. The number of rotatable bonds is 4. The van der Waals surface area contributed by atoms with E-state index in [1.54, 1.807) is 0 Å². The summed E-state index contributed by atoms with van der Waals surface area (Å²) in [5, 5.41) is 3.42. The minimum Gasteiger partial charge on any atom is -0.469 e. The Morgan fingerprint density at radius 1 is 1.35 bits per heavy atom. The quantitative estimate of drug-likeness (QED) is 0.857. The molecule has 2 aliphatic rings. The predicted molar refractivity (Wildman–Crippen MR) is 78.5 cm³/mol. The van der Waals surface area contributed by atoms with Gasteiger partial charge in [0.15, 0.2) is 0 Å². The topological polar surface area (TPSA) is 38.3 Å². The number of hydrogen-bond donors (Lipinski definition) is 1. The molecule has 1 saturated carbocycles. The Morgan fingerprint density at radius 3 is 2.85 bits per heavy atom. The Morgan fingerprint density at radius 2 is 2.15 bits per heavy atom. The molecule has 1 aromatic carbocycles. The molecule has 108 valence electrons. The Labute approximate surface area is 120 Å². The zero-order valence-electron chi connectivity index (χ0n) is 12.3. The van der Waals surface area contributed by atoms with E-state index in [0.29, 0.717) is 11.8 Å². The van der Waals surface area contributed by atoms with Crippen molar-refractivity contribution in [3.05, 3.63) is 34.9 Å². The first-order valence-corrected chi connectivity index (χ1v) is 7.61. The zero-order valence-corrected chi connectivity index (χ0v) is 12.3. The van der Waals surface area contributed by atoms with Crippen LogP contribution >= 0.6 is 0 Å². The largest absolute Gasteiger partial charge is 0.469 e. The highest BCUT2D eigenvalue weighted by atomic mass is 16.5. The van der Waals surface area contributed by atoms with Crippen LogP contribution in [-0.4, -0.2) is 19.6 Å². The van der Waals surface area contributed by atoms with Gasteiger partial charge in [-0.2, -0.15) is 0 Å². The van der Waals surface area contributed by atoms with Gasteiger partial charge >= 0.3 is 5.97 Å². The van der Waals surface area contributed by atoms with E-state index in [-0.39, 0.29) is 11.9 Å². The van der Waals surface area contributed by atoms with Crippen LogP contribution in [-0.2, 0) is 22.5 Å². The van der Waals surface area contributed by atoms with E-state index in [2.05, 4.69) is 23.5 Å². The van der Waals surface area contributed by atoms with Crippen molar-refractivity contribution in [2.75, 3.05) is 13.7 Å². The first kappa shape index (κ1) is 13.6. The summed E-state index contributed by atoms with van der Waals surface area (Å²) in [5.74, 6) is 0.827. The van der Waals surface area contributed by atoms with Crippen LogP contribution in [0.3, 0.4) is 0 Å². The first-order chi connectivity index (χ1) is 9.70. The van der Waals surface area contributed by atoms with Gasteiger partial charge < -0.3 is 10.1 Å². The molecule has 0 spiro atoms. The van der Waals surface area contributed by atoms with Gasteiger partial charge in [-0.1, -0.05) is 25.1 Å². The van der Waals surface area contributed by atoms with Crippen molar-refractivity contribution in [2.45, 2.75) is 38.6 Å². The lowest BCUT2D eigenvalue weighted by Crippen LogP contribution is -2.25. The Balaban J connectivity index is 1.89. The molecule has 0 radical (unpaired) electrons. The summed E-state index contributed by atoms with van der Waals surface area (Å²) in [6.45, 7) is 4.02. The van der Waals surface area contributed by atoms with Crippen molar-refractivity contribution in [3.8, 4) is 0 Å². The number of ether oxygens (including phenoxy) is 1. The molecule has 1 heterocycles. The zero-order chi connectivity index (χ0) is 14.1. The van der Waals surface area contributed by atoms with Gasteiger partial charge in [0.2, 0.25) is 0 Å². The van der Waals surface area contributed by atoms with Crippen molar-refractivity contribution < 1.29 is 9.53 Å². The standard InChI is InChI=1S/C17H23NO2/c1-11(17(19)20-2)16(13-4-5-13)14-6-3-12-7-8-18-10-15(12)9-14/h3,6,9,11,13,16,18H,4-5,7-8,10H2,1-2H3/t11-,16?/m0/s1. The molecule has 1 aliphatic carbocycles. The number of nitrogens with one attached hydrogen (secondary N) is 1. The molecular weight excluding hydrogens is 250 g/mol. The summed E-state index contributed by atoms with van der Waals surface area (Å²) in [7, 11) is 1.49. The fourth-order valence-corrected chi connectivity index (χ4v) is 3.46. The molecule has 0 saturated heterocycles. The second-order valence-corrected chi connectivity index (χ2v) is 6.13. The highest BCUT2D eigenvalue weighted by Gasteiger charge is 2.39. The maximum absolute atomic E-state index is 11.9. The van der Waals surface area contributed by atoms with Gasteiger partial charge in [-0.25, -0.2) is 0 Å². The third kappa shape index (κ3) is 2.59. The van der Waals surface area contributed by atoms with E-state index in [1.165, 1.54) is 36.6 Å². The van der Waals surface area contributed by atoms with Gasteiger partial charge in [-0.05, 0) is 54.3 Å². The summed E-state index contributed by atoms with van der Waals surface area (Å²) in [6, 6.07) is 6.79. The van der Waals surface area contributed by atoms with E-state index >= 15 is 0 Å². The van der Waals surface area contributed by atoms with E-state index < -0.39 is 0 Å². The summed E-state index contributed by atoms with van der Waals surface area (Å²) >= 11 is 0. The molecule has 20 heavy (non-hydrogen) atoms. The van der Waals surface area contributed by atoms with Gasteiger partial charge in [0.1, 0.15) is 0 Å². The second kappa shape index (κ2) is 5.57. The summed E-state index contributed by atoms with van der Waals surface area (Å²) in [6.07, 6.45) is 3.58. The predicted octanol–water partition coefficient (Wildman–Crippen LogP) is 2.64. The van der Waals surface area contributed by atoms with Crippen molar-refractivity contribution in [1.29, 1.82) is 0 Å². The molecule has 2 atom stereocenters. The lowest BCUT2D eigenvalue weighted by molar-refractivity contribution is -0.145. The Kier molecular flexibility index (Phi) is 3.79. The van der Waals surface area contributed by atoms with Gasteiger partial charge in [-0.15, -0.1) is 0 Å². The SMILES string of the molecule is COC(=O)[C@@H](C)C(c1ccc2c(c1)CNCC2)C1CC1. The van der Waals surface area contributed by atoms with Crippen LogP contribution in [0.1, 0.15) is 42.4 Å². The van der Waals surface area contributed by atoms with Gasteiger partial charge in [-0.3, -0.25) is 4.79 Å². The van der Waals surface area contributed by atoms with Crippen molar-refractivity contribution in [1.82, 2.24) is 5.32 Å². The van der Waals surface area contributed by atoms with Crippen LogP contribution in [0.5, 0.6) is 0 Å². The molecule has 3 rings (SSSR count). The fraction of sp³-hybridized carbons (Fsp3) is 0.588. The van der Waals surface area contributed by atoms with E-state index in [0.717, 1.165) is 19.5 Å². The van der Waals surface area contributed by atoms with Gasteiger partial charge in [0, 0.05) is 6.54 Å². The molecule has 3 heteroatoms. The van der Waals surface area contributed by atoms with Crippen LogP contribution in [0, 0.1) is 11.8 Å². The molecule has 0 aromatic heterocycles. The third-order valence-electron chi connectivity index (χ3n) is 4.74. The Bertz CT molecular complexity index is 508. The number of fused-ring (bicyclic) bond motifs is 1. The smallest absolute Gasteiger partial charge is 0.309 e. The number of methoxy groups -OCH3 is 1. The normalized spacial score (nSPS) is 20.9. The van der Waals surface area contributed by atoms with Crippen LogP contribution < -0.4 is 5.32 Å². The molecule has 1 aliphatic heterocycles. The number of carbonyl (C=O) groups is 1. The minimum absolute atomic E-state index is 0.0536. The number of hydrogen-bond acceptors (Lipinski definition) is 3. The summed E-state index contributed by atoms with van der Waals surface area (Å²) in [5.41, 5.74) is 4.16. The number of carbonyl (C=O) groups excluding carboxylic acids is 1. The fourth-order valence-electron chi connectivity index (χ4n) is 3.46. The molecule has 1 aromatic rings. The first-order valence-electron chi connectivity index (χ1n) is 7.61. The van der Waals surface area contributed by atoms with E-state index in [9.17, 15) is 4.79 Å². The van der Waals surface area contributed by atoms with Gasteiger partial charge in [0.25, 0.3) is 0 Å². The maximum atomic E-state index is 11.9. The monoisotopic (exact) mass is 273 g/mol. The van der Waals surface area contributed by atoms with Crippen molar-refractivity contribution >= 4 is 5.97 Å². The Hall–Kier alpha value is -1.35. The molecule has 1 N–H and O–H groups in total. The molecular formula is C17H23NO2. The average molecular weight is 273 g/mol. The molecule has 3 nitrogen and oxygen atoms in total. The minimum atomic E-state index is -0.0854. The van der Waals surface area contributed by atoms with Crippen molar-refractivity contribution in [2.24, 2.45) is 11.8 Å². The number of benzene rings is 1. The maximum Gasteiger partial charge on any atom is 0.309 e. The van der Waals surface area contributed by atoms with Crippen LogP contribution in [0.15, 0.2) is 18.2 Å². The lowest BCUT2D eigenvalue weighted by atomic mass is 9.81. The van der Waals surface area contributed by atoms with E-state index in [1.807, 2.05) is 6.92 Å². The third-order valence-corrected chi connectivity index (χ3v) is 4.74. The lowest BCUT2D eigenvalue weighted by Gasteiger charge is -2.25. The highest BCUT2D eigenvalue weighted by molar-refractivity contribution is 5.73. The van der Waals surface area contributed by atoms with Gasteiger partial charge in [0.05, 0.1) is 13.0 Å². The van der Waals surface area contributed by atoms with Crippen molar-refractivity contribution in [3.63, 3.8) is 0 Å². The highest BCUT2D eigenvalue weighted by Crippen LogP contribution is 2.47. The summed E-state index contributed by atoms with van der Waals surface area (Å²) in [4.78, 5) is 11.9.